The van der Waals surface area contributed by atoms with Crippen molar-refractivity contribution in [3.05, 3.63) is 39.8 Å². The number of aromatic nitrogens is 2. The lowest BCUT2D eigenvalue weighted by atomic mass is 10.2. The third-order valence-electron chi connectivity index (χ3n) is 3.68. The summed E-state index contributed by atoms with van der Waals surface area (Å²) in [6.45, 7) is 2.56. The van der Waals surface area contributed by atoms with Crippen molar-refractivity contribution in [3.63, 3.8) is 0 Å². The number of methoxy groups -OCH3 is 1. The van der Waals surface area contributed by atoms with Gasteiger partial charge < -0.3 is 15.0 Å². The van der Waals surface area contributed by atoms with E-state index in [2.05, 4.69) is 10.4 Å². The fourth-order valence-corrected chi connectivity index (χ4v) is 3.11. The third-order valence-corrected chi connectivity index (χ3v) is 4.36. The molecule has 122 valence electrons. The van der Waals surface area contributed by atoms with Crippen LogP contribution in [0.1, 0.15) is 26.5 Å². The molecule has 0 saturated heterocycles. The van der Waals surface area contributed by atoms with Gasteiger partial charge in [-0.1, -0.05) is 0 Å². The first-order valence-corrected chi connectivity index (χ1v) is 8.28. The molecule has 2 aromatic heterocycles. The topological polar surface area (TPSA) is 76.5 Å². The van der Waals surface area contributed by atoms with Gasteiger partial charge in [-0.3, -0.25) is 14.3 Å². The summed E-state index contributed by atoms with van der Waals surface area (Å²) in [4.78, 5) is 26.2. The van der Waals surface area contributed by atoms with Crippen molar-refractivity contribution >= 4 is 23.2 Å². The number of hydrogen-bond donors (Lipinski definition) is 1. The molecule has 23 heavy (non-hydrogen) atoms. The minimum Gasteiger partial charge on any atom is -0.383 e. The van der Waals surface area contributed by atoms with Crippen LogP contribution in [0.25, 0.3) is 0 Å². The molecule has 0 aliphatic carbocycles. The molecule has 0 unspecified atom stereocenters. The highest BCUT2D eigenvalue weighted by molar-refractivity contribution is 7.08. The number of hydrogen-bond acceptors (Lipinski definition) is 5. The molecule has 7 nitrogen and oxygen atoms in total. The van der Waals surface area contributed by atoms with Crippen LogP contribution in [0.2, 0.25) is 0 Å². The van der Waals surface area contributed by atoms with Gasteiger partial charge in [0.1, 0.15) is 0 Å². The Morgan fingerprint density at radius 3 is 3.04 bits per heavy atom. The normalized spacial score (nSPS) is 13.7. The monoisotopic (exact) mass is 334 g/mol. The Balaban J connectivity index is 1.67. The molecule has 0 aromatic carbocycles. The number of amides is 2. The summed E-state index contributed by atoms with van der Waals surface area (Å²) in [7, 11) is 1.58. The molecule has 1 aliphatic heterocycles. The lowest BCUT2D eigenvalue weighted by Gasteiger charge is -2.27. The average molecular weight is 334 g/mol. The van der Waals surface area contributed by atoms with E-state index in [1.807, 2.05) is 16.8 Å². The fourth-order valence-electron chi connectivity index (χ4n) is 2.48. The van der Waals surface area contributed by atoms with E-state index in [0.717, 1.165) is 5.69 Å². The van der Waals surface area contributed by atoms with Gasteiger partial charge in [0, 0.05) is 25.6 Å². The van der Waals surface area contributed by atoms with E-state index < -0.39 is 0 Å². The largest absolute Gasteiger partial charge is 0.383 e. The van der Waals surface area contributed by atoms with E-state index in [0.29, 0.717) is 44.0 Å². The number of carbonyl (C=O) groups is 2. The first-order valence-electron chi connectivity index (χ1n) is 7.34. The van der Waals surface area contributed by atoms with Crippen LogP contribution in [0, 0.1) is 0 Å². The first kappa shape index (κ1) is 15.7. The maximum Gasteiger partial charge on any atom is 0.271 e. The van der Waals surface area contributed by atoms with Gasteiger partial charge in [-0.15, -0.1) is 0 Å². The molecule has 0 fully saturated rings. The Labute approximate surface area is 137 Å². The minimum absolute atomic E-state index is 0.0183. The second kappa shape index (κ2) is 6.93. The van der Waals surface area contributed by atoms with Crippen LogP contribution in [-0.4, -0.2) is 53.3 Å². The van der Waals surface area contributed by atoms with Crippen LogP contribution in [0.5, 0.6) is 0 Å². The lowest BCUT2D eigenvalue weighted by molar-refractivity contribution is 0.0706. The predicted molar refractivity (Wildman–Crippen MR) is 85.5 cm³/mol. The van der Waals surface area contributed by atoms with Gasteiger partial charge in [-0.05, 0) is 17.5 Å². The number of rotatable bonds is 5. The third kappa shape index (κ3) is 3.43. The zero-order chi connectivity index (χ0) is 16.2. The van der Waals surface area contributed by atoms with E-state index in [1.165, 1.54) is 11.3 Å². The van der Waals surface area contributed by atoms with Crippen LogP contribution in [0.4, 0.5) is 0 Å². The van der Waals surface area contributed by atoms with Gasteiger partial charge in [0.05, 0.1) is 31.0 Å². The lowest BCUT2D eigenvalue weighted by Crippen LogP contribution is -2.38. The molecule has 3 rings (SSSR count). The van der Waals surface area contributed by atoms with Crippen molar-refractivity contribution in [2.24, 2.45) is 0 Å². The summed E-state index contributed by atoms with van der Waals surface area (Å²) in [6.07, 6.45) is 0. The number of fused-ring (bicyclic) bond motifs is 1. The summed E-state index contributed by atoms with van der Waals surface area (Å²) in [5.41, 5.74) is 1.96. The smallest absolute Gasteiger partial charge is 0.271 e. The van der Waals surface area contributed by atoms with Gasteiger partial charge in [0.2, 0.25) is 0 Å². The van der Waals surface area contributed by atoms with Gasteiger partial charge in [-0.2, -0.15) is 16.4 Å². The van der Waals surface area contributed by atoms with Crippen molar-refractivity contribution in [2.45, 2.75) is 13.1 Å². The van der Waals surface area contributed by atoms with Crippen molar-refractivity contribution in [3.8, 4) is 0 Å². The molecule has 2 aromatic rings. The second-order valence-corrected chi connectivity index (χ2v) is 6.01. The molecule has 0 radical (unpaired) electrons. The van der Waals surface area contributed by atoms with E-state index in [4.69, 9.17) is 4.74 Å². The Morgan fingerprint density at radius 2 is 2.30 bits per heavy atom. The summed E-state index contributed by atoms with van der Waals surface area (Å²) in [5.74, 6) is -0.204. The predicted octanol–water partition coefficient (Wildman–Crippen LogP) is 0.977. The van der Waals surface area contributed by atoms with Gasteiger partial charge in [-0.25, -0.2) is 0 Å². The Morgan fingerprint density at radius 1 is 1.43 bits per heavy atom. The first-order chi connectivity index (χ1) is 11.2. The van der Waals surface area contributed by atoms with Crippen LogP contribution in [-0.2, 0) is 17.8 Å². The molecular formula is C15H18N4O3S. The standard InChI is InChI=1S/C15H18N4O3S/c1-22-6-3-16-14(20)13-8-12-9-18(4-5-19(12)17-13)15(21)11-2-7-23-10-11/h2,7-8,10H,3-6,9H2,1H3,(H,16,20). The van der Waals surface area contributed by atoms with Crippen LogP contribution in [0.15, 0.2) is 22.9 Å². The molecule has 8 heteroatoms. The molecule has 1 N–H and O–H groups in total. The quantitative estimate of drug-likeness (QED) is 0.827. The van der Waals surface area contributed by atoms with Crippen molar-refractivity contribution in [1.29, 1.82) is 0 Å². The second-order valence-electron chi connectivity index (χ2n) is 5.23. The Hall–Kier alpha value is -2.19. The molecule has 1 aliphatic rings. The number of thiophene rings is 1. The van der Waals surface area contributed by atoms with Gasteiger partial charge in [0.25, 0.3) is 11.8 Å². The van der Waals surface area contributed by atoms with E-state index in [1.54, 1.807) is 22.8 Å². The number of nitrogens with zero attached hydrogens (tertiary/aromatic N) is 3. The minimum atomic E-state index is -0.223. The average Bonchev–Trinajstić information content (AvgIpc) is 3.23. The molecule has 0 spiro atoms. The van der Waals surface area contributed by atoms with Gasteiger partial charge >= 0.3 is 0 Å². The SMILES string of the molecule is COCCNC(=O)c1cc2n(n1)CCN(C(=O)c1ccsc1)C2. The molecular weight excluding hydrogens is 316 g/mol. The summed E-state index contributed by atoms with van der Waals surface area (Å²) in [6, 6.07) is 3.57. The number of ether oxygens (including phenoxy) is 1. The molecule has 0 bridgehead atoms. The van der Waals surface area contributed by atoms with Crippen molar-refractivity contribution in [1.82, 2.24) is 20.0 Å². The maximum absolute atomic E-state index is 12.4. The number of nitrogens with one attached hydrogen (secondary N) is 1. The summed E-state index contributed by atoms with van der Waals surface area (Å²) in [5, 5.41) is 10.8. The Kier molecular flexibility index (Phi) is 4.73. The maximum atomic E-state index is 12.4. The van der Waals surface area contributed by atoms with Crippen LogP contribution < -0.4 is 5.32 Å². The highest BCUT2D eigenvalue weighted by Gasteiger charge is 2.24. The summed E-state index contributed by atoms with van der Waals surface area (Å²) < 4.78 is 6.70. The highest BCUT2D eigenvalue weighted by atomic mass is 32.1. The fraction of sp³-hybridized carbons (Fsp3) is 0.400. The van der Waals surface area contributed by atoms with Crippen LogP contribution >= 0.6 is 11.3 Å². The van der Waals surface area contributed by atoms with Crippen LogP contribution in [0.3, 0.4) is 0 Å². The summed E-state index contributed by atoms with van der Waals surface area (Å²) >= 11 is 1.51. The zero-order valence-electron chi connectivity index (χ0n) is 12.8. The molecule has 2 amide bonds. The Bertz CT molecular complexity index is 696. The van der Waals surface area contributed by atoms with Crippen molar-refractivity contribution < 1.29 is 14.3 Å². The van der Waals surface area contributed by atoms with E-state index in [-0.39, 0.29) is 11.8 Å². The van der Waals surface area contributed by atoms with Gasteiger partial charge in [0.15, 0.2) is 5.69 Å². The van der Waals surface area contributed by atoms with E-state index in [9.17, 15) is 9.59 Å². The molecule has 0 atom stereocenters. The van der Waals surface area contributed by atoms with E-state index >= 15 is 0 Å². The zero-order valence-corrected chi connectivity index (χ0v) is 13.6. The van der Waals surface area contributed by atoms with Crippen molar-refractivity contribution in [2.75, 3.05) is 26.8 Å². The number of carbonyl (C=O) groups excluding carboxylic acids is 2. The molecule has 3 heterocycles. The highest BCUT2D eigenvalue weighted by Crippen LogP contribution is 2.17. The molecule has 0 saturated carbocycles.